The maximum Gasteiger partial charge on any atom is 0.253 e. The van der Waals surface area contributed by atoms with Gasteiger partial charge < -0.3 is 10.6 Å². The molecule has 1 aromatic rings. The van der Waals surface area contributed by atoms with Gasteiger partial charge in [0, 0.05) is 32.2 Å². The number of hydrogen-bond donors (Lipinski definition) is 2. The molecular weight excluding hydrogens is 362 g/mol. The summed E-state index contributed by atoms with van der Waals surface area (Å²) in [5.74, 6) is 0.0554. The van der Waals surface area contributed by atoms with Crippen LogP contribution in [0.3, 0.4) is 0 Å². The van der Waals surface area contributed by atoms with Gasteiger partial charge in [0.1, 0.15) is 0 Å². The van der Waals surface area contributed by atoms with Gasteiger partial charge in [0.25, 0.3) is 5.91 Å². The molecule has 1 amide bonds. The zero-order valence-corrected chi connectivity index (χ0v) is 16.4. The summed E-state index contributed by atoms with van der Waals surface area (Å²) in [4.78, 5) is 13.6. The van der Waals surface area contributed by atoms with Crippen molar-refractivity contribution in [3.05, 3.63) is 29.8 Å². The lowest BCUT2D eigenvalue weighted by molar-refractivity contribution is 0.0827. The number of sulfonamides is 1. The standard InChI is InChI=1S/C17H27N3O3S.ClH/c1-20(2)17(21)14-9-6-10-15(11-14)24(22,23)19-16(12-18)13-7-4-3-5-8-13;/h6,9-11,13,16,19H,3-5,7-8,12,18H2,1-2H3;1H. The van der Waals surface area contributed by atoms with Gasteiger partial charge in [0.15, 0.2) is 0 Å². The Labute approximate surface area is 156 Å². The van der Waals surface area contributed by atoms with Crippen LogP contribution in [-0.2, 0) is 10.0 Å². The van der Waals surface area contributed by atoms with Gasteiger partial charge in [-0.3, -0.25) is 4.79 Å². The number of nitrogens with one attached hydrogen (secondary N) is 1. The summed E-state index contributed by atoms with van der Waals surface area (Å²) in [5.41, 5.74) is 6.17. The van der Waals surface area contributed by atoms with E-state index in [2.05, 4.69) is 4.72 Å². The third-order valence-electron chi connectivity index (χ3n) is 4.58. The van der Waals surface area contributed by atoms with E-state index in [1.54, 1.807) is 26.2 Å². The Hall–Kier alpha value is -1.15. The first-order valence-electron chi connectivity index (χ1n) is 8.39. The van der Waals surface area contributed by atoms with Crippen LogP contribution in [0.4, 0.5) is 0 Å². The second-order valence-corrected chi connectivity index (χ2v) is 8.30. The second-order valence-electron chi connectivity index (χ2n) is 6.59. The first-order chi connectivity index (χ1) is 11.3. The average Bonchev–Trinajstić information content (AvgIpc) is 2.59. The van der Waals surface area contributed by atoms with E-state index < -0.39 is 10.0 Å². The molecule has 1 aliphatic rings. The number of carbonyl (C=O) groups is 1. The molecule has 3 N–H and O–H groups in total. The molecule has 0 spiro atoms. The van der Waals surface area contributed by atoms with Gasteiger partial charge in [-0.1, -0.05) is 25.3 Å². The van der Waals surface area contributed by atoms with E-state index in [9.17, 15) is 13.2 Å². The Bertz CT molecular complexity index is 673. The van der Waals surface area contributed by atoms with Gasteiger partial charge in [-0.25, -0.2) is 13.1 Å². The minimum Gasteiger partial charge on any atom is -0.345 e. The molecule has 25 heavy (non-hydrogen) atoms. The summed E-state index contributed by atoms with van der Waals surface area (Å²) in [6.07, 6.45) is 5.45. The molecule has 0 saturated heterocycles. The highest BCUT2D eigenvalue weighted by Crippen LogP contribution is 2.27. The number of carbonyl (C=O) groups excluding carboxylic acids is 1. The van der Waals surface area contributed by atoms with Gasteiger partial charge in [0.05, 0.1) is 4.90 Å². The van der Waals surface area contributed by atoms with Crippen LogP contribution in [0.5, 0.6) is 0 Å². The Morgan fingerprint density at radius 3 is 2.48 bits per heavy atom. The Balaban J connectivity index is 0.00000312. The summed E-state index contributed by atoms with van der Waals surface area (Å²) in [6.45, 7) is 0.278. The van der Waals surface area contributed by atoms with Crippen LogP contribution in [-0.4, -0.2) is 45.9 Å². The van der Waals surface area contributed by atoms with Crippen molar-refractivity contribution in [1.29, 1.82) is 0 Å². The third-order valence-corrected chi connectivity index (χ3v) is 6.06. The summed E-state index contributed by atoms with van der Waals surface area (Å²) in [6, 6.07) is 5.86. The predicted molar refractivity (Wildman–Crippen MR) is 101 cm³/mol. The Morgan fingerprint density at radius 2 is 1.92 bits per heavy atom. The van der Waals surface area contributed by atoms with Crippen molar-refractivity contribution in [3.8, 4) is 0 Å². The fourth-order valence-corrected chi connectivity index (χ4v) is 4.56. The van der Waals surface area contributed by atoms with Crippen molar-refractivity contribution in [2.24, 2.45) is 11.7 Å². The Morgan fingerprint density at radius 1 is 1.28 bits per heavy atom. The molecule has 0 heterocycles. The molecule has 1 aromatic carbocycles. The van der Waals surface area contributed by atoms with E-state index in [0.717, 1.165) is 25.7 Å². The zero-order chi connectivity index (χ0) is 17.7. The molecule has 1 atom stereocenters. The van der Waals surface area contributed by atoms with Crippen molar-refractivity contribution in [2.75, 3.05) is 20.6 Å². The Kier molecular flexibility index (Phi) is 8.34. The third kappa shape index (κ3) is 5.67. The summed E-state index contributed by atoms with van der Waals surface area (Å²) in [5, 5.41) is 0. The fourth-order valence-electron chi connectivity index (χ4n) is 3.20. The number of amides is 1. The smallest absolute Gasteiger partial charge is 0.253 e. The highest BCUT2D eigenvalue weighted by molar-refractivity contribution is 7.89. The topological polar surface area (TPSA) is 92.5 Å². The largest absolute Gasteiger partial charge is 0.345 e. The highest BCUT2D eigenvalue weighted by Gasteiger charge is 2.27. The fraction of sp³-hybridized carbons (Fsp3) is 0.588. The molecule has 2 rings (SSSR count). The molecular formula is C17H28ClN3O3S. The molecule has 1 aliphatic carbocycles. The lowest BCUT2D eigenvalue weighted by atomic mass is 9.84. The van der Waals surface area contributed by atoms with E-state index in [0.29, 0.717) is 5.56 Å². The molecule has 1 fully saturated rings. The van der Waals surface area contributed by atoms with Crippen molar-refractivity contribution in [1.82, 2.24) is 9.62 Å². The number of benzene rings is 1. The maximum atomic E-state index is 12.7. The average molecular weight is 390 g/mol. The van der Waals surface area contributed by atoms with E-state index >= 15 is 0 Å². The van der Waals surface area contributed by atoms with Crippen molar-refractivity contribution in [2.45, 2.75) is 43.0 Å². The van der Waals surface area contributed by atoms with Crippen LogP contribution in [0.15, 0.2) is 29.2 Å². The lowest BCUT2D eigenvalue weighted by Gasteiger charge is -2.29. The molecule has 0 aliphatic heterocycles. The first kappa shape index (κ1) is 21.9. The van der Waals surface area contributed by atoms with E-state index in [1.165, 1.54) is 23.5 Å². The second kappa shape index (κ2) is 9.52. The number of rotatable bonds is 6. The number of nitrogens with two attached hydrogens (primary N) is 1. The quantitative estimate of drug-likeness (QED) is 0.778. The normalized spacial score (nSPS) is 16.8. The minimum absolute atomic E-state index is 0. The van der Waals surface area contributed by atoms with Crippen molar-refractivity contribution in [3.63, 3.8) is 0 Å². The minimum atomic E-state index is -3.70. The molecule has 8 heteroatoms. The van der Waals surface area contributed by atoms with E-state index in [-0.39, 0.29) is 41.7 Å². The van der Waals surface area contributed by atoms with Crippen LogP contribution in [0.2, 0.25) is 0 Å². The van der Waals surface area contributed by atoms with Gasteiger partial charge in [0.2, 0.25) is 10.0 Å². The SMILES string of the molecule is CN(C)C(=O)c1cccc(S(=O)(=O)NC(CN)C2CCCCC2)c1.Cl. The van der Waals surface area contributed by atoms with E-state index in [4.69, 9.17) is 5.73 Å². The molecule has 1 saturated carbocycles. The van der Waals surface area contributed by atoms with Gasteiger partial charge in [-0.05, 0) is 37.0 Å². The molecule has 1 unspecified atom stereocenters. The van der Waals surface area contributed by atoms with Crippen LogP contribution >= 0.6 is 12.4 Å². The van der Waals surface area contributed by atoms with Gasteiger partial charge in [-0.15, -0.1) is 12.4 Å². The molecule has 0 bridgehead atoms. The highest BCUT2D eigenvalue weighted by atomic mass is 35.5. The van der Waals surface area contributed by atoms with Crippen molar-refractivity contribution >= 4 is 28.3 Å². The molecule has 0 radical (unpaired) electrons. The van der Waals surface area contributed by atoms with Crippen LogP contribution in [0.25, 0.3) is 0 Å². The number of hydrogen-bond acceptors (Lipinski definition) is 4. The van der Waals surface area contributed by atoms with Crippen molar-refractivity contribution < 1.29 is 13.2 Å². The van der Waals surface area contributed by atoms with Crippen LogP contribution in [0.1, 0.15) is 42.5 Å². The zero-order valence-electron chi connectivity index (χ0n) is 14.8. The molecule has 142 valence electrons. The van der Waals surface area contributed by atoms with Crippen LogP contribution < -0.4 is 10.5 Å². The van der Waals surface area contributed by atoms with Crippen LogP contribution in [0, 0.1) is 5.92 Å². The van der Waals surface area contributed by atoms with E-state index in [1.807, 2.05) is 0 Å². The molecule has 6 nitrogen and oxygen atoms in total. The predicted octanol–water partition coefficient (Wildman–Crippen LogP) is 2.00. The lowest BCUT2D eigenvalue weighted by Crippen LogP contribution is -2.45. The monoisotopic (exact) mass is 389 g/mol. The summed E-state index contributed by atoms with van der Waals surface area (Å²) in [7, 11) is -0.435. The first-order valence-corrected chi connectivity index (χ1v) is 9.87. The summed E-state index contributed by atoms with van der Waals surface area (Å²) < 4.78 is 28.1. The summed E-state index contributed by atoms with van der Waals surface area (Å²) >= 11 is 0. The maximum absolute atomic E-state index is 12.7. The number of halogens is 1. The molecule has 0 aromatic heterocycles. The van der Waals surface area contributed by atoms with Gasteiger partial charge in [-0.2, -0.15) is 0 Å². The number of nitrogens with zero attached hydrogens (tertiary/aromatic N) is 1. The van der Waals surface area contributed by atoms with Gasteiger partial charge >= 0.3 is 0 Å².